The Labute approximate surface area is 179 Å². The van der Waals surface area contributed by atoms with E-state index in [0.29, 0.717) is 30.6 Å². The summed E-state index contributed by atoms with van der Waals surface area (Å²) >= 11 is 0. The number of aromatic nitrogens is 1. The number of pyridine rings is 1. The van der Waals surface area contributed by atoms with Crippen molar-refractivity contribution >= 4 is 16.0 Å². The van der Waals surface area contributed by atoms with E-state index in [1.54, 1.807) is 0 Å². The van der Waals surface area contributed by atoms with Crippen molar-refractivity contribution < 1.29 is 17.2 Å². The highest BCUT2D eigenvalue weighted by Gasteiger charge is 2.57. The molecule has 4 aliphatic rings. The van der Waals surface area contributed by atoms with Crippen LogP contribution in [0.15, 0.2) is 42.3 Å². The monoisotopic (exact) mass is 429 g/mol. The van der Waals surface area contributed by atoms with Gasteiger partial charge in [-0.3, -0.25) is 9.54 Å². The van der Waals surface area contributed by atoms with Crippen molar-refractivity contribution in [1.29, 1.82) is 0 Å². The summed E-state index contributed by atoms with van der Waals surface area (Å²) in [6, 6.07) is 4.22. The number of rotatable bonds is 3. The highest BCUT2D eigenvalue weighted by Crippen LogP contribution is 2.66. The maximum Gasteiger partial charge on any atom is 0.397 e. The maximum atomic E-state index is 11.2. The molecule has 0 radical (unpaired) electrons. The minimum Gasteiger partial charge on any atom is -0.264 e. The van der Waals surface area contributed by atoms with E-state index in [1.165, 1.54) is 29.6 Å². The molecule has 0 saturated heterocycles. The zero-order chi connectivity index (χ0) is 21.1. The summed E-state index contributed by atoms with van der Waals surface area (Å²) in [6.45, 7) is 4.84. The summed E-state index contributed by atoms with van der Waals surface area (Å²) in [5.41, 5.74) is 4.40. The molecule has 0 aliphatic heterocycles. The van der Waals surface area contributed by atoms with Gasteiger partial charge in [0.15, 0.2) is 0 Å². The van der Waals surface area contributed by atoms with Crippen molar-refractivity contribution in [3.05, 3.63) is 47.8 Å². The zero-order valence-electron chi connectivity index (χ0n) is 17.8. The molecule has 6 atom stereocenters. The average Bonchev–Trinajstić information content (AvgIpc) is 3.05. The van der Waals surface area contributed by atoms with Crippen molar-refractivity contribution in [2.24, 2.45) is 28.6 Å². The fourth-order valence-electron chi connectivity index (χ4n) is 7.42. The van der Waals surface area contributed by atoms with Crippen LogP contribution in [0.1, 0.15) is 64.4 Å². The van der Waals surface area contributed by atoms with E-state index in [2.05, 4.69) is 37.0 Å². The minimum absolute atomic E-state index is 0.111. The topological polar surface area (TPSA) is 76.5 Å². The molecule has 5 rings (SSSR count). The van der Waals surface area contributed by atoms with Crippen LogP contribution in [0, 0.1) is 28.6 Å². The van der Waals surface area contributed by atoms with Crippen LogP contribution in [0.3, 0.4) is 0 Å². The molecule has 2 fully saturated rings. The fourth-order valence-corrected chi connectivity index (χ4v) is 7.93. The summed E-state index contributed by atoms with van der Waals surface area (Å²) in [4.78, 5) is 4.35. The summed E-state index contributed by atoms with van der Waals surface area (Å²) in [5, 5.41) is 0. The summed E-state index contributed by atoms with van der Waals surface area (Å²) in [7, 11) is -4.40. The molecular formula is C24H31NO4S. The molecule has 1 N–H and O–H groups in total. The van der Waals surface area contributed by atoms with Crippen molar-refractivity contribution in [2.75, 3.05) is 0 Å². The van der Waals surface area contributed by atoms with Crippen LogP contribution in [0.25, 0.3) is 5.57 Å². The second kappa shape index (κ2) is 7.01. The lowest BCUT2D eigenvalue weighted by Gasteiger charge is -2.57. The quantitative estimate of drug-likeness (QED) is 0.526. The van der Waals surface area contributed by atoms with Crippen molar-refractivity contribution in [3.63, 3.8) is 0 Å². The molecular weight excluding hydrogens is 398 g/mol. The van der Waals surface area contributed by atoms with Crippen LogP contribution in [0.4, 0.5) is 0 Å². The Morgan fingerprint density at radius 2 is 1.90 bits per heavy atom. The highest BCUT2D eigenvalue weighted by atomic mass is 32.3. The smallest absolute Gasteiger partial charge is 0.264 e. The summed E-state index contributed by atoms with van der Waals surface area (Å²) in [6.07, 6.45) is 15.0. The number of hydrogen-bond acceptors (Lipinski definition) is 4. The minimum atomic E-state index is -4.40. The van der Waals surface area contributed by atoms with E-state index >= 15 is 0 Å². The Morgan fingerprint density at radius 1 is 1.10 bits per heavy atom. The van der Waals surface area contributed by atoms with E-state index in [-0.39, 0.29) is 10.8 Å². The predicted molar refractivity (Wildman–Crippen MR) is 116 cm³/mol. The van der Waals surface area contributed by atoms with Crippen LogP contribution < -0.4 is 0 Å². The Hall–Kier alpha value is -1.50. The lowest BCUT2D eigenvalue weighted by molar-refractivity contribution is -0.0214. The molecule has 0 amide bonds. The maximum absolute atomic E-state index is 11.2. The van der Waals surface area contributed by atoms with Crippen LogP contribution in [0.5, 0.6) is 0 Å². The molecule has 4 aliphatic carbocycles. The van der Waals surface area contributed by atoms with Gasteiger partial charge in [-0.25, -0.2) is 4.18 Å². The molecule has 0 bridgehead atoms. The van der Waals surface area contributed by atoms with Crippen LogP contribution in [-0.2, 0) is 14.6 Å². The molecule has 30 heavy (non-hydrogen) atoms. The van der Waals surface area contributed by atoms with E-state index in [9.17, 15) is 8.42 Å². The third-order valence-electron chi connectivity index (χ3n) is 8.87. The normalized spacial score (nSPS) is 40.6. The summed E-state index contributed by atoms with van der Waals surface area (Å²) in [5.74, 6) is 1.93. The van der Waals surface area contributed by atoms with Gasteiger partial charge >= 0.3 is 10.4 Å². The van der Waals surface area contributed by atoms with Gasteiger partial charge in [0.1, 0.15) is 0 Å². The van der Waals surface area contributed by atoms with Gasteiger partial charge in [-0.15, -0.1) is 0 Å². The molecule has 1 aromatic rings. The Kier molecular flexibility index (Phi) is 4.77. The molecule has 0 unspecified atom stereocenters. The third-order valence-corrected chi connectivity index (χ3v) is 9.39. The van der Waals surface area contributed by atoms with Gasteiger partial charge < -0.3 is 0 Å². The van der Waals surface area contributed by atoms with Gasteiger partial charge in [0.05, 0.1) is 6.10 Å². The molecule has 2 saturated carbocycles. The van der Waals surface area contributed by atoms with Gasteiger partial charge in [-0.05, 0) is 90.7 Å². The van der Waals surface area contributed by atoms with Crippen LogP contribution in [-0.4, -0.2) is 24.1 Å². The second-order valence-corrected chi connectivity index (χ2v) is 11.2. The number of nitrogens with zero attached hydrogens (tertiary/aromatic N) is 1. The van der Waals surface area contributed by atoms with Gasteiger partial charge in [0.2, 0.25) is 0 Å². The van der Waals surface area contributed by atoms with Crippen molar-refractivity contribution in [1.82, 2.24) is 4.98 Å². The highest BCUT2D eigenvalue weighted by molar-refractivity contribution is 7.80. The first-order valence-electron chi connectivity index (χ1n) is 11.2. The first-order chi connectivity index (χ1) is 14.2. The standard InChI is InChI=1S/C24H31NO4S/c1-23-11-9-18(29-30(26,27)28)14-17(23)5-6-19-21-8-7-20(16-4-3-13-25-15-16)24(21,2)12-10-22(19)23/h3-5,7,13,15,18-19,21-22H,6,8-12,14H2,1-2H3,(H,26,27,28)/t18-,19-,21-,22-,23-,24+/m0/s1. The molecule has 5 nitrogen and oxygen atoms in total. The van der Waals surface area contributed by atoms with Crippen LogP contribution >= 0.6 is 0 Å². The Morgan fingerprint density at radius 3 is 2.63 bits per heavy atom. The van der Waals surface area contributed by atoms with Crippen molar-refractivity contribution in [2.45, 2.75) is 64.9 Å². The lowest BCUT2D eigenvalue weighted by Crippen LogP contribution is -2.50. The molecule has 1 aromatic heterocycles. The molecule has 162 valence electrons. The lowest BCUT2D eigenvalue weighted by atomic mass is 9.47. The average molecular weight is 430 g/mol. The van der Waals surface area contributed by atoms with Crippen molar-refractivity contribution in [3.8, 4) is 0 Å². The fraction of sp³-hybridized carbons (Fsp3) is 0.625. The number of hydrogen-bond donors (Lipinski definition) is 1. The van der Waals surface area contributed by atoms with Gasteiger partial charge in [-0.2, -0.15) is 8.42 Å². The number of allylic oxidation sites excluding steroid dienone is 3. The molecule has 1 heterocycles. The second-order valence-electron chi connectivity index (χ2n) is 10.2. The Bertz CT molecular complexity index is 1000. The SMILES string of the molecule is C[C@]12CC[C@H](OS(=O)(=O)O)CC1=CC[C@@H]1[C@@H]2CC[C@]2(C)C(c3cccnc3)=CC[C@@H]12. The van der Waals surface area contributed by atoms with E-state index in [0.717, 1.165) is 19.3 Å². The van der Waals surface area contributed by atoms with E-state index in [4.69, 9.17) is 8.74 Å². The number of fused-ring (bicyclic) bond motifs is 5. The zero-order valence-corrected chi connectivity index (χ0v) is 18.6. The van der Waals surface area contributed by atoms with Gasteiger partial charge in [0, 0.05) is 12.4 Å². The van der Waals surface area contributed by atoms with Gasteiger partial charge in [0.25, 0.3) is 0 Å². The van der Waals surface area contributed by atoms with E-state index < -0.39 is 16.5 Å². The predicted octanol–water partition coefficient (Wildman–Crippen LogP) is 5.23. The summed E-state index contributed by atoms with van der Waals surface area (Å²) < 4.78 is 36.4. The largest absolute Gasteiger partial charge is 0.397 e. The Balaban J connectivity index is 1.40. The van der Waals surface area contributed by atoms with Crippen LogP contribution in [0.2, 0.25) is 0 Å². The third kappa shape index (κ3) is 3.19. The molecule has 0 aromatic carbocycles. The molecule has 0 spiro atoms. The first kappa shape index (κ1) is 20.4. The first-order valence-corrected chi connectivity index (χ1v) is 12.5. The van der Waals surface area contributed by atoms with E-state index in [1.807, 2.05) is 18.5 Å². The van der Waals surface area contributed by atoms with Gasteiger partial charge in [-0.1, -0.05) is 37.6 Å². The molecule has 6 heteroatoms.